The lowest BCUT2D eigenvalue weighted by Gasteiger charge is -2.31. The van der Waals surface area contributed by atoms with Crippen molar-refractivity contribution in [3.8, 4) is 5.75 Å². The largest absolute Gasteiger partial charge is 0.490 e. The number of para-hydroxylation sites is 2. The summed E-state index contributed by atoms with van der Waals surface area (Å²) in [7, 11) is 0. The van der Waals surface area contributed by atoms with Crippen LogP contribution in [-0.2, 0) is 6.54 Å². The highest BCUT2D eigenvalue weighted by Crippen LogP contribution is 2.18. The first-order chi connectivity index (χ1) is 16.4. The zero-order valence-corrected chi connectivity index (χ0v) is 19.1. The van der Waals surface area contributed by atoms with E-state index in [1.165, 1.54) is 0 Å². The van der Waals surface area contributed by atoms with Crippen molar-refractivity contribution < 1.29 is 19.4 Å². The van der Waals surface area contributed by atoms with E-state index in [4.69, 9.17) is 10.5 Å². The van der Waals surface area contributed by atoms with Gasteiger partial charge in [0.25, 0.3) is 5.91 Å². The molecule has 0 saturated carbocycles. The van der Waals surface area contributed by atoms with E-state index < -0.39 is 18.2 Å². The number of benzene rings is 3. The van der Waals surface area contributed by atoms with Crippen LogP contribution in [0.25, 0.3) is 0 Å². The summed E-state index contributed by atoms with van der Waals surface area (Å²) >= 11 is 0. The predicted molar refractivity (Wildman–Crippen MR) is 131 cm³/mol. The zero-order chi connectivity index (χ0) is 24.3. The number of anilines is 1. The van der Waals surface area contributed by atoms with Crippen LogP contribution in [-0.4, -0.2) is 47.4 Å². The average Bonchev–Trinajstić information content (AvgIpc) is 2.83. The molecule has 0 bridgehead atoms. The minimum absolute atomic E-state index is 0.0431. The maximum atomic E-state index is 12.5. The fourth-order valence-corrected chi connectivity index (χ4v) is 3.45. The number of carbonyl (C=O) groups excluding carboxylic acids is 2. The Kier molecular flexibility index (Phi) is 9.02. The van der Waals surface area contributed by atoms with Gasteiger partial charge in [-0.15, -0.1) is 0 Å². The number of amides is 3. The van der Waals surface area contributed by atoms with Gasteiger partial charge in [-0.2, -0.15) is 0 Å². The maximum Gasteiger partial charge on any atom is 0.320 e. The van der Waals surface area contributed by atoms with Crippen molar-refractivity contribution in [1.82, 2.24) is 10.2 Å². The van der Waals surface area contributed by atoms with Crippen LogP contribution < -0.4 is 21.1 Å². The van der Waals surface area contributed by atoms with Crippen LogP contribution in [0.3, 0.4) is 0 Å². The summed E-state index contributed by atoms with van der Waals surface area (Å²) in [5.74, 6) is -0.282. The number of ether oxygens (including phenoxy) is 1. The molecule has 8 nitrogen and oxygen atoms in total. The van der Waals surface area contributed by atoms with E-state index in [1.54, 1.807) is 36.4 Å². The molecule has 0 fully saturated rings. The first-order valence-electron chi connectivity index (χ1n) is 11.0. The van der Waals surface area contributed by atoms with Gasteiger partial charge in [-0.05, 0) is 36.8 Å². The van der Waals surface area contributed by atoms with Crippen molar-refractivity contribution in [2.24, 2.45) is 5.73 Å². The molecule has 0 spiro atoms. The summed E-state index contributed by atoms with van der Waals surface area (Å²) in [6.07, 6.45) is -1.28. The van der Waals surface area contributed by atoms with Gasteiger partial charge < -0.3 is 26.2 Å². The van der Waals surface area contributed by atoms with Crippen molar-refractivity contribution >= 4 is 17.6 Å². The van der Waals surface area contributed by atoms with Gasteiger partial charge >= 0.3 is 6.03 Å². The highest BCUT2D eigenvalue weighted by Gasteiger charge is 2.21. The van der Waals surface area contributed by atoms with E-state index in [-0.39, 0.29) is 24.7 Å². The molecule has 0 saturated heterocycles. The zero-order valence-electron chi connectivity index (χ0n) is 19.1. The molecule has 0 aliphatic rings. The molecule has 34 heavy (non-hydrogen) atoms. The maximum absolute atomic E-state index is 12.5. The molecule has 178 valence electrons. The minimum atomic E-state index is -0.883. The Morgan fingerprint density at radius 1 is 0.971 bits per heavy atom. The number of nitrogens with one attached hydrogen (secondary N) is 2. The molecule has 2 atom stereocenters. The van der Waals surface area contributed by atoms with Gasteiger partial charge in [0, 0.05) is 18.8 Å². The van der Waals surface area contributed by atoms with Crippen molar-refractivity contribution in [2.75, 3.05) is 18.5 Å². The molecule has 3 aromatic rings. The lowest BCUT2D eigenvalue weighted by molar-refractivity contribution is 0.0468. The van der Waals surface area contributed by atoms with Crippen molar-refractivity contribution in [1.29, 1.82) is 0 Å². The molecule has 0 radical (unpaired) electrons. The summed E-state index contributed by atoms with van der Waals surface area (Å²) in [6.45, 7) is 2.53. The van der Waals surface area contributed by atoms with E-state index in [9.17, 15) is 14.7 Å². The average molecular weight is 463 g/mol. The molecule has 3 aromatic carbocycles. The van der Waals surface area contributed by atoms with Gasteiger partial charge in [-0.1, -0.05) is 60.7 Å². The Bertz CT molecular complexity index is 1060. The smallest absolute Gasteiger partial charge is 0.320 e. The van der Waals surface area contributed by atoms with E-state index in [0.29, 0.717) is 18.0 Å². The van der Waals surface area contributed by atoms with Gasteiger partial charge in [0.1, 0.15) is 18.5 Å². The summed E-state index contributed by atoms with van der Waals surface area (Å²) in [6, 6.07) is 25.2. The van der Waals surface area contributed by atoms with Crippen LogP contribution in [0.2, 0.25) is 0 Å². The molecule has 0 aliphatic carbocycles. The Morgan fingerprint density at radius 3 is 2.26 bits per heavy atom. The summed E-state index contributed by atoms with van der Waals surface area (Å²) < 4.78 is 5.67. The second-order valence-corrected chi connectivity index (χ2v) is 7.88. The second kappa shape index (κ2) is 12.4. The van der Waals surface area contributed by atoms with Gasteiger partial charge in [0.05, 0.1) is 11.7 Å². The van der Waals surface area contributed by atoms with Gasteiger partial charge in [-0.25, -0.2) is 4.79 Å². The molecule has 8 heteroatoms. The van der Waals surface area contributed by atoms with Gasteiger partial charge in [0.15, 0.2) is 0 Å². The van der Waals surface area contributed by atoms with Crippen LogP contribution in [0.1, 0.15) is 22.8 Å². The van der Waals surface area contributed by atoms with Crippen LogP contribution in [0.15, 0.2) is 84.9 Å². The number of urea groups is 1. The van der Waals surface area contributed by atoms with Crippen LogP contribution in [0.4, 0.5) is 10.5 Å². The third kappa shape index (κ3) is 7.61. The lowest BCUT2D eigenvalue weighted by atomic mass is 10.2. The topological polar surface area (TPSA) is 117 Å². The van der Waals surface area contributed by atoms with Crippen molar-refractivity contribution in [3.63, 3.8) is 0 Å². The first kappa shape index (κ1) is 24.8. The first-order valence-corrected chi connectivity index (χ1v) is 11.0. The monoisotopic (exact) mass is 462 g/mol. The standard InChI is InChI=1S/C26H30N4O4/c1-19(28-26(33)29-21-12-6-3-7-13-21)30(16-20-10-4-2-5-11-20)17-22(31)18-34-24-15-9-8-14-23(24)25(27)32/h2-15,19,22,31H,16-18H2,1H3,(H2,27,32)(H2,28,29,33). The van der Waals surface area contributed by atoms with E-state index >= 15 is 0 Å². The van der Waals surface area contributed by atoms with E-state index in [1.807, 2.05) is 60.4 Å². The molecule has 3 amide bonds. The normalized spacial score (nSPS) is 12.6. The number of aliphatic hydroxyl groups excluding tert-OH is 1. The van der Waals surface area contributed by atoms with Crippen LogP contribution in [0.5, 0.6) is 5.75 Å². The third-order valence-corrected chi connectivity index (χ3v) is 5.18. The lowest BCUT2D eigenvalue weighted by Crippen LogP contribution is -2.50. The van der Waals surface area contributed by atoms with Crippen LogP contribution in [0, 0.1) is 0 Å². The van der Waals surface area contributed by atoms with Crippen molar-refractivity contribution in [3.05, 3.63) is 96.1 Å². The van der Waals surface area contributed by atoms with E-state index in [2.05, 4.69) is 10.6 Å². The molecule has 0 aromatic heterocycles. The quantitative estimate of drug-likeness (QED) is 0.327. The Balaban J connectivity index is 1.63. The number of hydrogen-bond acceptors (Lipinski definition) is 5. The summed E-state index contributed by atoms with van der Waals surface area (Å²) in [5.41, 5.74) is 7.36. The Labute approximate surface area is 199 Å². The highest BCUT2D eigenvalue weighted by molar-refractivity contribution is 5.95. The molecular weight excluding hydrogens is 432 g/mol. The number of nitrogens with zero attached hydrogens (tertiary/aromatic N) is 1. The van der Waals surface area contributed by atoms with Crippen LogP contribution >= 0.6 is 0 Å². The molecular formula is C26H30N4O4. The van der Waals surface area contributed by atoms with E-state index in [0.717, 1.165) is 5.56 Å². The number of hydrogen-bond donors (Lipinski definition) is 4. The van der Waals surface area contributed by atoms with Gasteiger partial charge in [-0.3, -0.25) is 9.69 Å². The molecule has 5 N–H and O–H groups in total. The SMILES string of the molecule is CC(NC(=O)Nc1ccccc1)N(Cc1ccccc1)CC(O)COc1ccccc1C(N)=O. The Hall–Kier alpha value is -3.88. The Morgan fingerprint density at radius 2 is 1.59 bits per heavy atom. The molecule has 2 unspecified atom stereocenters. The predicted octanol–water partition coefficient (Wildman–Crippen LogP) is 3.20. The van der Waals surface area contributed by atoms with Crippen molar-refractivity contribution in [2.45, 2.75) is 25.7 Å². The number of primary amides is 1. The third-order valence-electron chi connectivity index (χ3n) is 5.18. The second-order valence-electron chi connectivity index (χ2n) is 7.88. The highest BCUT2D eigenvalue weighted by atomic mass is 16.5. The number of carbonyl (C=O) groups is 2. The fraction of sp³-hybridized carbons (Fsp3) is 0.231. The molecule has 0 aliphatic heterocycles. The minimum Gasteiger partial charge on any atom is -0.490 e. The fourth-order valence-electron chi connectivity index (χ4n) is 3.45. The van der Waals surface area contributed by atoms with Gasteiger partial charge in [0.2, 0.25) is 0 Å². The number of rotatable bonds is 11. The molecule has 3 rings (SSSR count). The number of nitrogens with two attached hydrogens (primary N) is 1. The summed E-state index contributed by atoms with van der Waals surface area (Å²) in [5, 5.41) is 16.4. The summed E-state index contributed by atoms with van der Waals surface area (Å²) in [4.78, 5) is 26.0. The molecule has 0 heterocycles. The number of aliphatic hydroxyl groups is 1.